The number of hydrogen-bond donors (Lipinski definition) is 2. The van der Waals surface area contributed by atoms with Crippen LogP contribution in [0.1, 0.15) is 33.1 Å². The highest BCUT2D eigenvalue weighted by molar-refractivity contribution is 5.92. The summed E-state index contributed by atoms with van der Waals surface area (Å²) in [5, 5.41) is 2.92. The smallest absolute Gasteiger partial charge is 0.238 e. The minimum Gasteiger partial charge on any atom is -0.399 e. The van der Waals surface area contributed by atoms with E-state index < -0.39 is 0 Å². The number of carbonyl (C=O) groups excluding carboxylic acids is 1. The molecule has 0 aromatic heterocycles. The van der Waals surface area contributed by atoms with Crippen LogP contribution in [-0.2, 0) is 4.79 Å². The minimum atomic E-state index is 0.0466. The van der Waals surface area contributed by atoms with Gasteiger partial charge in [-0.05, 0) is 51.0 Å². The third-order valence-corrected chi connectivity index (χ3v) is 3.90. The zero-order valence-corrected chi connectivity index (χ0v) is 11.7. The number of piperidine rings is 1. The minimum absolute atomic E-state index is 0.0466. The zero-order chi connectivity index (χ0) is 13.8. The van der Waals surface area contributed by atoms with Gasteiger partial charge in [0.15, 0.2) is 0 Å². The summed E-state index contributed by atoms with van der Waals surface area (Å²) in [5.74, 6) is 0.0466. The van der Waals surface area contributed by atoms with Crippen LogP contribution in [0.25, 0.3) is 0 Å². The lowest BCUT2D eigenvalue weighted by molar-refractivity contribution is -0.118. The third-order valence-electron chi connectivity index (χ3n) is 3.90. The molecule has 4 nitrogen and oxygen atoms in total. The largest absolute Gasteiger partial charge is 0.399 e. The zero-order valence-electron chi connectivity index (χ0n) is 11.7. The van der Waals surface area contributed by atoms with Gasteiger partial charge in [-0.25, -0.2) is 0 Å². The van der Waals surface area contributed by atoms with E-state index >= 15 is 0 Å². The maximum atomic E-state index is 12.1. The Labute approximate surface area is 115 Å². The molecule has 1 aromatic carbocycles. The van der Waals surface area contributed by atoms with Crippen molar-refractivity contribution in [1.82, 2.24) is 4.90 Å². The van der Waals surface area contributed by atoms with Crippen molar-refractivity contribution < 1.29 is 4.79 Å². The fraction of sp³-hybridized carbons (Fsp3) is 0.533. The Balaban J connectivity index is 1.91. The monoisotopic (exact) mass is 261 g/mol. The standard InChI is InChI=1S/C15H23N3O/c1-11-4-3-5-12(2)18(11)10-15(19)17-14-8-6-13(16)7-9-14/h6-9,11-12H,3-5,10,16H2,1-2H3,(H,17,19). The normalized spacial score (nSPS) is 24.1. The average Bonchev–Trinajstić information content (AvgIpc) is 2.37. The van der Waals surface area contributed by atoms with Crippen molar-refractivity contribution >= 4 is 17.3 Å². The number of likely N-dealkylation sites (tertiary alicyclic amines) is 1. The Morgan fingerprint density at radius 2 is 1.84 bits per heavy atom. The van der Waals surface area contributed by atoms with Crippen molar-refractivity contribution in [2.24, 2.45) is 0 Å². The molecular weight excluding hydrogens is 238 g/mol. The van der Waals surface area contributed by atoms with Gasteiger partial charge in [0, 0.05) is 23.5 Å². The first-order chi connectivity index (χ1) is 9.06. The topological polar surface area (TPSA) is 58.4 Å². The van der Waals surface area contributed by atoms with Crippen LogP contribution < -0.4 is 11.1 Å². The van der Waals surface area contributed by atoms with Crippen LogP contribution in [0.3, 0.4) is 0 Å². The molecule has 0 aliphatic carbocycles. The highest BCUT2D eigenvalue weighted by Crippen LogP contribution is 2.22. The molecule has 1 heterocycles. The Bertz CT molecular complexity index is 420. The second-order valence-corrected chi connectivity index (χ2v) is 5.47. The van der Waals surface area contributed by atoms with Crippen LogP contribution in [-0.4, -0.2) is 29.4 Å². The van der Waals surface area contributed by atoms with Gasteiger partial charge in [-0.2, -0.15) is 0 Å². The highest BCUT2D eigenvalue weighted by Gasteiger charge is 2.26. The van der Waals surface area contributed by atoms with E-state index in [4.69, 9.17) is 5.73 Å². The van der Waals surface area contributed by atoms with Gasteiger partial charge in [0.1, 0.15) is 0 Å². The van der Waals surface area contributed by atoms with Gasteiger partial charge in [0.2, 0.25) is 5.91 Å². The first kappa shape index (κ1) is 13.9. The van der Waals surface area contributed by atoms with E-state index in [1.165, 1.54) is 19.3 Å². The van der Waals surface area contributed by atoms with E-state index in [1.54, 1.807) is 12.1 Å². The van der Waals surface area contributed by atoms with Crippen molar-refractivity contribution in [3.05, 3.63) is 24.3 Å². The van der Waals surface area contributed by atoms with Crippen LogP contribution in [0.15, 0.2) is 24.3 Å². The molecule has 1 amide bonds. The molecule has 104 valence electrons. The molecule has 0 saturated carbocycles. The molecule has 1 fully saturated rings. The third kappa shape index (κ3) is 3.70. The highest BCUT2D eigenvalue weighted by atomic mass is 16.2. The first-order valence-corrected chi connectivity index (χ1v) is 6.97. The van der Waals surface area contributed by atoms with Crippen molar-refractivity contribution in [3.8, 4) is 0 Å². The first-order valence-electron chi connectivity index (χ1n) is 6.97. The summed E-state index contributed by atoms with van der Waals surface area (Å²) in [7, 11) is 0. The van der Waals surface area contributed by atoms with Crippen LogP contribution in [0, 0.1) is 0 Å². The molecule has 0 radical (unpaired) electrons. The number of carbonyl (C=O) groups is 1. The van der Waals surface area contributed by atoms with Crippen molar-refractivity contribution in [3.63, 3.8) is 0 Å². The molecule has 2 rings (SSSR count). The van der Waals surface area contributed by atoms with Crippen molar-refractivity contribution in [1.29, 1.82) is 0 Å². The lowest BCUT2D eigenvalue weighted by atomic mass is 9.97. The molecule has 2 unspecified atom stereocenters. The Morgan fingerprint density at radius 3 is 2.42 bits per heavy atom. The summed E-state index contributed by atoms with van der Waals surface area (Å²) in [6, 6.07) is 8.22. The van der Waals surface area contributed by atoms with E-state index in [9.17, 15) is 4.79 Å². The fourth-order valence-electron chi connectivity index (χ4n) is 2.72. The van der Waals surface area contributed by atoms with E-state index in [0.717, 1.165) is 5.69 Å². The number of rotatable bonds is 3. The van der Waals surface area contributed by atoms with Crippen LogP contribution >= 0.6 is 0 Å². The average molecular weight is 261 g/mol. The molecule has 0 bridgehead atoms. The molecule has 2 atom stereocenters. The molecule has 19 heavy (non-hydrogen) atoms. The molecule has 0 spiro atoms. The molecule has 4 heteroatoms. The van der Waals surface area contributed by atoms with Crippen molar-refractivity contribution in [2.75, 3.05) is 17.6 Å². The number of nitrogens with two attached hydrogens (primary N) is 1. The Hall–Kier alpha value is -1.55. The van der Waals surface area contributed by atoms with E-state index in [0.29, 0.717) is 24.3 Å². The number of benzene rings is 1. The molecule has 1 aromatic rings. The summed E-state index contributed by atoms with van der Waals surface area (Å²) >= 11 is 0. The van der Waals surface area contributed by atoms with E-state index in [1.807, 2.05) is 12.1 Å². The van der Waals surface area contributed by atoms with Gasteiger partial charge in [-0.15, -0.1) is 0 Å². The fourth-order valence-corrected chi connectivity index (χ4v) is 2.72. The van der Waals surface area contributed by atoms with Crippen LogP contribution in [0.5, 0.6) is 0 Å². The van der Waals surface area contributed by atoms with Gasteiger partial charge in [0.05, 0.1) is 6.54 Å². The van der Waals surface area contributed by atoms with Gasteiger partial charge in [0.25, 0.3) is 0 Å². The summed E-state index contributed by atoms with van der Waals surface area (Å²) < 4.78 is 0. The number of nitrogens with zero attached hydrogens (tertiary/aromatic N) is 1. The van der Waals surface area contributed by atoms with Gasteiger partial charge >= 0.3 is 0 Å². The Morgan fingerprint density at radius 1 is 1.26 bits per heavy atom. The summed E-state index contributed by atoms with van der Waals surface area (Å²) in [5.41, 5.74) is 7.13. The number of amides is 1. The van der Waals surface area contributed by atoms with Gasteiger partial charge in [-0.3, -0.25) is 9.69 Å². The van der Waals surface area contributed by atoms with Crippen LogP contribution in [0.4, 0.5) is 11.4 Å². The van der Waals surface area contributed by atoms with E-state index in [-0.39, 0.29) is 5.91 Å². The Kier molecular flexibility index (Phi) is 4.43. The second kappa shape index (κ2) is 6.06. The summed E-state index contributed by atoms with van der Waals surface area (Å²) in [6.07, 6.45) is 3.62. The van der Waals surface area contributed by atoms with Crippen molar-refractivity contribution in [2.45, 2.75) is 45.2 Å². The summed E-state index contributed by atoms with van der Waals surface area (Å²) in [6.45, 7) is 4.87. The van der Waals surface area contributed by atoms with Crippen LogP contribution in [0.2, 0.25) is 0 Å². The quantitative estimate of drug-likeness (QED) is 0.822. The number of hydrogen-bond acceptors (Lipinski definition) is 3. The van der Waals surface area contributed by atoms with E-state index in [2.05, 4.69) is 24.1 Å². The second-order valence-electron chi connectivity index (χ2n) is 5.47. The molecule has 1 aliphatic heterocycles. The maximum Gasteiger partial charge on any atom is 0.238 e. The predicted octanol–water partition coefficient (Wildman–Crippen LogP) is 2.47. The van der Waals surface area contributed by atoms with Gasteiger partial charge in [-0.1, -0.05) is 6.42 Å². The molecular formula is C15H23N3O. The molecule has 3 N–H and O–H groups in total. The lowest BCUT2D eigenvalue weighted by Crippen LogP contribution is -2.47. The number of anilines is 2. The van der Waals surface area contributed by atoms with Gasteiger partial charge < -0.3 is 11.1 Å². The maximum absolute atomic E-state index is 12.1. The lowest BCUT2D eigenvalue weighted by Gasteiger charge is -2.38. The number of nitrogen functional groups attached to an aromatic ring is 1. The predicted molar refractivity (Wildman–Crippen MR) is 79.0 cm³/mol. The SMILES string of the molecule is CC1CCCC(C)N1CC(=O)Nc1ccc(N)cc1. The summed E-state index contributed by atoms with van der Waals surface area (Å²) in [4.78, 5) is 14.4. The molecule has 1 aliphatic rings. The molecule has 1 saturated heterocycles. The number of nitrogens with one attached hydrogen (secondary N) is 1.